The predicted molar refractivity (Wildman–Crippen MR) is 107 cm³/mol. The zero-order chi connectivity index (χ0) is 19.7. The van der Waals surface area contributed by atoms with Crippen LogP contribution in [-0.4, -0.2) is 40.7 Å². The molecule has 7 heteroatoms. The molecule has 4 amide bonds. The molecule has 1 aliphatic carbocycles. The Morgan fingerprint density at radius 3 is 2.86 bits per heavy atom. The summed E-state index contributed by atoms with van der Waals surface area (Å²) in [4.78, 5) is 42.3. The fourth-order valence-corrected chi connectivity index (χ4v) is 4.69. The Kier molecular flexibility index (Phi) is 4.77. The smallest absolute Gasteiger partial charge is 0.325 e. The number of carbonyl (C=O) groups excluding carboxylic acids is 3. The van der Waals surface area contributed by atoms with E-state index in [9.17, 15) is 14.4 Å². The van der Waals surface area contributed by atoms with Gasteiger partial charge >= 0.3 is 6.03 Å². The van der Waals surface area contributed by atoms with Crippen molar-refractivity contribution in [3.05, 3.63) is 70.4 Å². The van der Waals surface area contributed by atoms with Crippen molar-refractivity contribution in [2.24, 2.45) is 0 Å². The SMILES string of the molecule is C=CCN(Cc1cccs1)C(=O)CN1C(=O)N[C@@]2(CCc3ccccc32)C1=O. The van der Waals surface area contributed by atoms with Gasteiger partial charge in [0, 0.05) is 11.4 Å². The minimum absolute atomic E-state index is 0.270. The number of rotatable bonds is 6. The molecular formula is C21H21N3O3S. The Balaban J connectivity index is 1.53. The Hall–Kier alpha value is -2.93. The Morgan fingerprint density at radius 2 is 2.11 bits per heavy atom. The Morgan fingerprint density at radius 1 is 1.29 bits per heavy atom. The van der Waals surface area contributed by atoms with Crippen LogP contribution in [0.4, 0.5) is 4.79 Å². The van der Waals surface area contributed by atoms with Gasteiger partial charge < -0.3 is 10.2 Å². The molecule has 0 bridgehead atoms. The highest BCUT2D eigenvalue weighted by atomic mass is 32.1. The molecule has 144 valence electrons. The topological polar surface area (TPSA) is 69.7 Å². The molecule has 1 spiro atoms. The van der Waals surface area contributed by atoms with E-state index in [0.717, 1.165) is 27.3 Å². The first-order chi connectivity index (χ1) is 13.5. The number of nitrogens with zero attached hydrogens (tertiary/aromatic N) is 2. The van der Waals surface area contributed by atoms with Crippen molar-refractivity contribution in [2.75, 3.05) is 13.1 Å². The maximum absolute atomic E-state index is 13.2. The Bertz CT molecular complexity index is 940. The summed E-state index contributed by atoms with van der Waals surface area (Å²) in [6, 6.07) is 11.0. The van der Waals surface area contributed by atoms with Gasteiger partial charge in [0.1, 0.15) is 12.1 Å². The molecule has 1 aromatic heterocycles. The monoisotopic (exact) mass is 395 g/mol. The lowest BCUT2D eigenvalue weighted by molar-refractivity contribution is -0.139. The largest absolute Gasteiger partial charge is 0.332 e. The summed E-state index contributed by atoms with van der Waals surface area (Å²) in [5, 5.41) is 4.80. The van der Waals surface area contributed by atoms with Crippen LogP contribution in [0, 0.1) is 0 Å². The van der Waals surface area contributed by atoms with Crippen LogP contribution in [0.2, 0.25) is 0 Å². The number of urea groups is 1. The maximum Gasteiger partial charge on any atom is 0.325 e. The maximum atomic E-state index is 13.2. The molecule has 0 unspecified atom stereocenters. The normalized spacial score (nSPS) is 20.4. The van der Waals surface area contributed by atoms with Crippen LogP contribution in [0.15, 0.2) is 54.4 Å². The number of fused-ring (bicyclic) bond motifs is 2. The second-order valence-corrected chi connectivity index (χ2v) is 8.06. The summed E-state index contributed by atoms with van der Waals surface area (Å²) < 4.78 is 0. The van der Waals surface area contributed by atoms with E-state index in [-0.39, 0.29) is 18.4 Å². The molecular weight excluding hydrogens is 374 g/mol. The predicted octanol–water partition coefficient (Wildman–Crippen LogP) is 2.66. The van der Waals surface area contributed by atoms with Crippen molar-refractivity contribution in [1.82, 2.24) is 15.1 Å². The van der Waals surface area contributed by atoms with Gasteiger partial charge in [-0.3, -0.25) is 14.5 Å². The minimum atomic E-state index is -1.04. The zero-order valence-electron chi connectivity index (χ0n) is 15.4. The van der Waals surface area contributed by atoms with Crippen LogP contribution in [0.25, 0.3) is 0 Å². The minimum Gasteiger partial charge on any atom is -0.332 e. The third kappa shape index (κ3) is 3.01. The molecule has 2 aromatic rings. The highest BCUT2D eigenvalue weighted by molar-refractivity contribution is 7.09. The molecule has 4 rings (SSSR count). The molecule has 1 fully saturated rings. The highest BCUT2D eigenvalue weighted by Gasteiger charge is 2.55. The van der Waals surface area contributed by atoms with Crippen LogP contribution < -0.4 is 5.32 Å². The molecule has 1 aromatic carbocycles. The third-order valence-corrected chi connectivity index (χ3v) is 6.21. The number of imide groups is 1. The van der Waals surface area contributed by atoms with Gasteiger partial charge in [-0.2, -0.15) is 0 Å². The quantitative estimate of drug-likeness (QED) is 0.604. The lowest BCUT2D eigenvalue weighted by Crippen LogP contribution is -2.44. The standard InChI is InChI=1S/C21H21N3O3S/c1-2-11-23(13-16-7-5-12-28-16)18(25)14-24-19(26)21(22-20(24)27)10-9-15-6-3-4-8-17(15)21/h2-8,12H,1,9-11,13-14H2,(H,22,27)/t21-/m1/s1. The van der Waals surface area contributed by atoms with Gasteiger partial charge in [0.05, 0.1) is 6.54 Å². The van der Waals surface area contributed by atoms with Gasteiger partial charge in [0.15, 0.2) is 0 Å². The second-order valence-electron chi connectivity index (χ2n) is 7.03. The van der Waals surface area contributed by atoms with Gasteiger partial charge in [-0.15, -0.1) is 17.9 Å². The lowest BCUT2D eigenvalue weighted by Gasteiger charge is -2.24. The van der Waals surface area contributed by atoms with Crippen molar-refractivity contribution >= 4 is 29.2 Å². The van der Waals surface area contributed by atoms with Crippen molar-refractivity contribution in [3.63, 3.8) is 0 Å². The molecule has 1 saturated heterocycles. The number of amides is 4. The summed E-state index contributed by atoms with van der Waals surface area (Å²) in [6.07, 6.45) is 2.89. The first-order valence-electron chi connectivity index (χ1n) is 9.19. The van der Waals surface area contributed by atoms with Gasteiger partial charge in [-0.25, -0.2) is 4.79 Å². The molecule has 0 radical (unpaired) electrons. The van der Waals surface area contributed by atoms with Crippen molar-refractivity contribution < 1.29 is 14.4 Å². The van der Waals surface area contributed by atoms with Crippen LogP contribution in [0.3, 0.4) is 0 Å². The Labute approximate surface area is 167 Å². The van der Waals surface area contributed by atoms with E-state index in [2.05, 4.69) is 11.9 Å². The van der Waals surface area contributed by atoms with Crippen LogP contribution in [-0.2, 0) is 28.1 Å². The van der Waals surface area contributed by atoms with Gasteiger partial charge in [-0.05, 0) is 35.4 Å². The van der Waals surface area contributed by atoms with E-state index in [1.54, 1.807) is 22.3 Å². The van der Waals surface area contributed by atoms with Crippen molar-refractivity contribution in [1.29, 1.82) is 0 Å². The number of thiophene rings is 1. The number of hydrogen-bond donors (Lipinski definition) is 1. The second kappa shape index (κ2) is 7.24. The molecule has 0 saturated carbocycles. The molecule has 1 atom stereocenters. The highest BCUT2D eigenvalue weighted by Crippen LogP contribution is 2.41. The molecule has 6 nitrogen and oxygen atoms in total. The number of carbonyl (C=O) groups is 3. The summed E-state index contributed by atoms with van der Waals surface area (Å²) >= 11 is 1.56. The first kappa shape index (κ1) is 18.4. The van der Waals surface area contributed by atoms with Crippen molar-refractivity contribution in [2.45, 2.75) is 24.9 Å². The number of benzene rings is 1. The average Bonchev–Trinajstić information content (AvgIpc) is 3.38. The molecule has 1 N–H and O–H groups in total. The number of nitrogens with one attached hydrogen (secondary N) is 1. The number of aryl methyl sites for hydroxylation is 1. The summed E-state index contributed by atoms with van der Waals surface area (Å²) in [5.41, 5.74) is 0.866. The van der Waals surface area contributed by atoms with E-state index in [0.29, 0.717) is 19.5 Å². The van der Waals surface area contributed by atoms with Crippen LogP contribution in [0.5, 0.6) is 0 Å². The summed E-state index contributed by atoms with van der Waals surface area (Å²) in [7, 11) is 0. The van der Waals surface area contributed by atoms with Gasteiger partial charge in [-0.1, -0.05) is 36.4 Å². The number of hydrogen-bond acceptors (Lipinski definition) is 4. The van der Waals surface area contributed by atoms with Gasteiger partial charge in [0.2, 0.25) is 5.91 Å². The summed E-state index contributed by atoms with van der Waals surface area (Å²) in [6.45, 7) is 4.22. The zero-order valence-corrected chi connectivity index (χ0v) is 16.2. The fourth-order valence-electron chi connectivity index (χ4n) is 3.97. The third-order valence-electron chi connectivity index (χ3n) is 5.34. The lowest BCUT2D eigenvalue weighted by atomic mass is 9.92. The van der Waals surface area contributed by atoms with E-state index in [1.807, 2.05) is 41.8 Å². The van der Waals surface area contributed by atoms with E-state index in [1.165, 1.54) is 0 Å². The van der Waals surface area contributed by atoms with Gasteiger partial charge in [0.25, 0.3) is 5.91 Å². The van der Waals surface area contributed by atoms with E-state index in [4.69, 9.17) is 0 Å². The van der Waals surface area contributed by atoms with Crippen LogP contribution in [0.1, 0.15) is 22.4 Å². The molecule has 1 aliphatic heterocycles. The van der Waals surface area contributed by atoms with E-state index < -0.39 is 11.6 Å². The molecule has 2 heterocycles. The van der Waals surface area contributed by atoms with Crippen molar-refractivity contribution in [3.8, 4) is 0 Å². The molecule has 28 heavy (non-hydrogen) atoms. The average molecular weight is 395 g/mol. The first-order valence-corrected chi connectivity index (χ1v) is 10.1. The fraction of sp³-hybridized carbons (Fsp3) is 0.286. The molecule has 2 aliphatic rings. The van der Waals surface area contributed by atoms with Crippen LogP contribution >= 0.6 is 11.3 Å². The van der Waals surface area contributed by atoms with E-state index >= 15 is 0 Å². The summed E-state index contributed by atoms with van der Waals surface area (Å²) in [5.74, 6) is -0.620.